The van der Waals surface area contributed by atoms with Gasteiger partial charge in [-0.1, -0.05) is 85.8 Å². The standard InChI is InChI=1S/C79H98FN15O21/c1-9-47-33-51(115-7)24-25-53(47)48-22-19-45(20-23-48)31-58(69(106)86-57(67(81)104)32-46-21-26-55(83-37-46)52-17-12-10-15-42(52)2)87-70(107)59(35-64(102)103)88-71(108)61(40-96)89-72(109)65(43(3)97)93-75(112)78(5,36-49-16-11-13-18-54(49)80)94-73(110)66(44(4)98)92-62(99)39-84-68(105)56(27-28-63(100)101)90-76(113)79(6)29-14-30-95(79)74(111)60(91-77(114)116-8)34-50-38-82-41-85-50/h10-13,15-26,33,37-38,41,43-44,56-61,65-66,96-98H,9,14,27-32,34-36,39-40H2,1-8H3,(H2,81,104)(H,82,85)(H,84,105)(H,86,106)(H,87,107)(H,88,108)(H,89,109)(H,90,113)(H,91,114)(H,92,99)(H,93,112)(H,94,110)(H,100,101)(H,102,103)/t43-,44-,56+,57+,58+,59+,60+,61+,65+,66+,78-,79+/m1/s1. The highest BCUT2D eigenvalue weighted by molar-refractivity contribution is 6.01. The van der Waals surface area contributed by atoms with Crippen LogP contribution in [-0.4, -0.2) is 234 Å². The Bertz CT molecular complexity index is 4530. The van der Waals surface area contributed by atoms with Crippen molar-refractivity contribution in [3.8, 4) is 28.1 Å². The van der Waals surface area contributed by atoms with Crippen molar-refractivity contribution in [2.24, 2.45) is 5.73 Å². The Morgan fingerprint density at radius 1 is 0.664 bits per heavy atom. The Hall–Kier alpha value is -12.8. The number of nitrogens with zero attached hydrogens (tertiary/aromatic N) is 3. The minimum atomic E-state index is -2.45. The lowest BCUT2D eigenvalue weighted by Gasteiger charge is -2.37. The van der Waals surface area contributed by atoms with Crippen LogP contribution in [-0.2, 0) is 99.2 Å². The van der Waals surface area contributed by atoms with Gasteiger partial charge in [0.05, 0.1) is 63.7 Å². The summed E-state index contributed by atoms with van der Waals surface area (Å²) < 4.78 is 25.7. The van der Waals surface area contributed by atoms with Crippen LogP contribution in [0.2, 0.25) is 0 Å². The fraction of sp³-hybridized carbons (Fsp3) is 0.418. The van der Waals surface area contributed by atoms with Crippen molar-refractivity contribution in [2.75, 3.05) is 33.9 Å². The maximum Gasteiger partial charge on any atom is 0.407 e. The van der Waals surface area contributed by atoms with E-state index in [1.807, 2.05) is 50.2 Å². The third kappa shape index (κ3) is 24.9. The molecule has 0 saturated carbocycles. The van der Waals surface area contributed by atoms with Gasteiger partial charge in [-0.2, -0.15) is 0 Å². The molecule has 1 aliphatic rings. The van der Waals surface area contributed by atoms with Gasteiger partial charge in [0, 0.05) is 56.6 Å². The van der Waals surface area contributed by atoms with Gasteiger partial charge in [0.25, 0.3) is 0 Å². The van der Waals surface area contributed by atoms with Gasteiger partial charge in [0.15, 0.2) is 0 Å². The van der Waals surface area contributed by atoms with Crippen LogP contribution in [0.4, 0.5) is 9.18 Å². The average Bonchev–Trinajstić information content (AvgIpc) is 1.61. The number of likely N-dealkylation sites (tertiary alicyclic amines) is 1. The summed E-state index contributed by atoms with van der Waals surface area (Å²) in [4.78, 5) is 205. The first-order valence-corrected chi connectivity index (χ1v) is 37.1. The average molecular weight is 1610 g/mol. The number of hydrogen-bond donors (Lipinski definition) is 17. The molecule has 12 amide bonds. The summed E-state index contributed by atoms with van der Waals surface area (Å²) in [6.45, 7) is 6.03. The summed E-state index contributed by atoms with van der Waals surface area (Å²) in [6.07, 6.45) is -3.26. The molecule has 3 heterocycles. The number of aliphatic hydroxyl groups excluding tert-OH is 3. The zero-order valence-corrected chi connectivity index (χ0v) is 65.1. The van der Waals surface area contributed by atoms with E-state index in [1.165, 1.54) is 48.7 Å². The second-order valence-corrected chi connectivity index (χ2v) is 28.3. The molecular weight excluding hydrogens is 1510 g/mol. The Labute approximate surface area is 666 Å². The largest absolute Gasteiger partial charge is 0.497 e. The molecule has 0 unspecified atom stereocenters. The van der Waals surface area contributed by atoms with Crippen LogP contribution in [0.3, 0.4) is 0 Å². The van der Waals surface area contributed by atoms with Gasteiger partial charge >= 0.3 is 18.0 Å². The van der Waals surface area contributed by atoms with Crippen LogP contribution in [0.25, 0.3) is 22.4 Å². The molecule has 0 bridgehead atoms. The first kappa shape index (κ1) is 90.4. The molecule has 0 aliphatic carbocycles. The molecular formula is C79H98FN15O21. The zero-order chi connectivity index (χ0) is 85.3. The minimum absolute atomic E-state index is 0.0116. The summed E-state index contributed by atoms with van der Waals surface area (Å²) >= 11 is 0. The smallest absolute Gasteiger partial charge is 0.407 e. The monoisotopic (exact) mass is 1610 g/mol. The molecule has 1 fully saturated rings. The number of imidazole rings is 1. The topological polar surface area (TPSA) is 550 Å². The van der Waals surface area contributed by atoms with Crippen molar-refractivity contribution < 1.29 is 107 Å². The Morgan fingerprint density at radius 3 is 1.90 bits per heavy atom. The number of ether oxygens (including phenoxy) is 2. The van der Waals surface area contributed by atoms with E-state index in [2.05, 4.69) is 68.1 Å². The lowest BCUT2D eigenvalue weighted by atomic mass is 9.90. The molecule has 2 aromatic heterocycles. The third-order valence-electron chi connectivity index (χ3n) is 19.6. The number of pyridine rings is 1. The molecule has 1 aliphatic heterocycles. The van der Waals surface area contributed by atoms with E-state index < -0.39 is 199 Å². The summed E-state index contributed by atoms with van der Waals surface area (Å²) in [7, 11) is 2.62. The highest BCUT2D eigenvalue weighted by Gasteiger charge is 2.49. The number of H-pyrrole nitrogens is 1. The number of nitrogens with two attached hydrogens (primary N) is 1. The van der Waals surface area contributed by atoms with Crippen molar-refractivity contribution in [1.29, 1.82) is 0 Å². The maximum atomic E-state index is 15.6. The minimum Gasteiger partial charge on any atom is -0.497 e. The molecule has 37 heteroatoms. The molecule has 36 nitrogen and oxygen atoms in total. The number of amides is 12. The van der Waals surface area contributed by atoms with E-state index in [4.69, 9.17) is 15.2 Å². The second-order valence-electron chi connectivity index (χ2n) is 28.3. The summed E-state index contributed by atoms with van der Waals surface area (Å²) in [5.41, 5.74) is 7.80. The van der Waals surface area contributed by atoms with E-state index in [0.29, 0.717) is 34.7 Å². The van der Waals surface area contributed by atoms with Crippen LogP contribution in [0, 0.1) is 12.7 Å². The second kappa shape index (κ2) is 41.8. The van der Waals surface area contributed by atoms with Crippen LogP contribution >= 0.6 is 0 Å². The summed E-state index contributed by atoms with van der Waals surface area (Å²) in [6, 6.07) is 13.8. The van der Waals surface area contributed by atoms with Gasteiger partial charge in [0.2, 0.25) is 65.0 Å². The number of aromatic nitrogens is 3. The predicted molar refractivity (Wildman–Crippen MR) is 413 cm³/mol. The van der Waals surface area contributed by atoms with Gasteiger partial charge in [-0.05, 0) is 124 Å². The number of carboxylic acids is 2. The number of benzene rings is 4. The molecule has 1 saturated heterocycles. The number of aliphatic hydroxyl groups is 3. The van der Waals surface area contributed by atoms with Crippen molar-refractivity contribution in [3.05, 3.63) is 161 Å². The van der Waals surface area contributed by atoms with Crippen LogP contribution in [0.5, 0.6) is 5.75 Å². The van der Waals surface area contributed by atoms with E-state index in [1.54, 1.807) is 49.6 Å². The molecule has 18 N–H and O–H groups in total. The number of halogens is 1. The number of aryl methyl sites for hydroxylation is 2. The number of hydrogen-bond acceptors (Lipinski definition) is 21. The Kier molecular flexibility index (Phi) is 32.6. The number of carboxylic acid groups (broad SMARTS) is 2. The molecule has 12 atom stereocenters. The summed E-state index contributed by atoms with van der Waals surface area (Å²) in [5, 5.41) is 75.7. The number of carbonyl (C=O) groups excluding carboxylic acids is 12. The number of primary amides is 1. The van der Waals surface area contributed by atoms with Crippen molar-refractivity contribution in [2.45, 2.75) is 177 Å². The first-order chi connectivity index (χ1) is 55.0. The van der Waals surface area contributed by atoms with Crippen molar-refractivity contribution >= 4 is 83.0 Å². The van der Waals surface area contributed by atoms with E-state index in [0.717, 1.165) is 61.8 Å². The molecule has 7 rings (SSSR count). The fourth-order valence-electron chi connectivity index (χ4n) is 13.0. The SMILES string of the molecule is CCc1cc(OC)ccc1-c1ccc(C[C@H](NC(=O)[C@H](CC(=O)O)NC(=O)[C@H](CO)NC(=O)[C@@H](NC(=O)[C@@](C)(Cc2ccccc2F)NC(=O)[C@@H](NC(=O)CNC(=O)[C@H](CCC(=O)O)NC(=O)[C@]2(C)CCCN2C(=O)[C@H](Cc2c[nH]cn2)NC(=O)OC)[C@@H](C)O)[C@@H](C)O)C(=O)N[C@@H](Cc2ccc(-c3ccccc3C)nc2)C(N)=O)cc1. The third-order valence-corrected chi connectivity index (χ3v) is 19.6. The lowest BCUT2D eigenvalue weighted by Crippen LogP contribution is -2.67. The van der Waals surface area contributed by atoms with E-state index >= 15 is 4.39 Å². The first-order valence-electron chi connectivity index (χ1n) is 37.1. The zero-order valence-electron chi connectivity index (χ0n) is 65.1. The maximum absolute atomic E-state index is 15.6. The van der Waals surface area contributed by atoms with Crippen LogP contribution < -0.4 is 63.6 Å². The number of aliphatic carboxylic acids is 2. The number of methoxy groups -OCH3 is 2. The van der Waals surface area contributed by atoms with Gasteiger partial charge in [-0.3, -0.25) is 67.3 Å². The number of nitrogens with one attached hydrogen (secondary N) is 11. The van der Waals surface area contributed by atoms with Crippen LogP contribution in [0.1, 0.15) is 100 Å². The molecule has 0 spiro atoms. The molecule has 0 radical (unpaired) electrons. The van der Waals surface area contributed by atoms with Gasteiger partial charge in [0.1, 0.15) is 71.0 Å². The number of rotatable bonds is 41. The number of alkyl carbamates (subject to hydrolysis) is 1. The molecule has 116 heavy (non-hydrogen) atoms. The number of aromatic amines is 1. The Balaban J connectivity index is 1.05. The molecule has 622 valence electrons. The molecule has 4 aromatic carbocycles. The Morgan fingerprint density at radius 2 is 1.29 bits per heavy atom. The van der Waals surface area contributed by atoms with E-state index in [-0.39, 0.29) is 44.2 Å². The summed E-state index contributed by atoms with van der Waals surface area (Å²) in [5.74, 6) is -16.1. The van der Waals surface area contributed by atoms with Gasteiger partial charge in [-0.15, -0.1) is 0 Å². The number of carbonyl (C=O) groups is 14. The predicted octanol–water partition coefficient (Wildman–Crippen LogP) is -0.503. The fourth-order valence-corrected chi connectivity index (χ4v) is 13.0. The van der Waals surface area contributed by atoms with Crippen molar-refractivity contribution in [1.82, 2.24) is 73.0 Å². The van der Waals surface area contributed by atoms with Crippen molar-refractivity contribution in [3.63, 3.8) is 0 Å². The quantitative estimate of drug-likeness (QED) is 0.0230. The lowest BCUT2D eigenvalue weighted by molar-refractivity contribution is -0.146. The highest BCUT2D eigenvalue weighted by atomic mass is 19.1. The highest BCUT2D eigenvalue weighted by Crippen LogP contribution is 2.32. The van der Waals surface area contributed by atoms with E-state index in [9.17, 15) is 92.7 Å². The van der Waals surface area contributed by atoms with Gasteiger partial charge in [-0.25, -0.2) is 14.2 Å². The normalized spacial score (nSPS) is 16.2. The van der Waals surface area contributed by atoms with Gasteiger partial charge < -0.3 is 104 Å². The van der Waals surface area contributed by atoms with Crippen LogP contribution in [0.15, 0.2) is 122 Å². The molecule has 6 aromatic rings.